The van der Waals surface area contributed by atoms with Crippen molar-refractivity contribution in [1.82, 2.24) is 14.8 Å². The third-order valence-electron chi connectivity index (χ3n) is 3.38. The Bertz CT molecular complexity index is 632. The molecule has 0 fully saturated rings. The molecule has 0 spiro atoms. The van der Waals surface area contributed by atoms with Gasteiger partial charge in [0.2, 0.25) is 0 Å². The average molecular weight is 273 g/mol. The van der Waals surface area contributed by atoms with Gasteiger partial charge in [0.15, 0.2) is 0 Å². The number of aromatic nitrogens is 3. The maximum atomic E-state index is 10.6. The predicted octanol–water partition coefficient (Wildman–Crippen LogP) is 2.60. The Morgan fingerprint density at radius 1 is 1.30 bits per heavy atom. The van der Waals surface area contributed by atoms with Crippen LogP contribution in [0.1, 0.15) is 35.6 Å². The normalized spacial score (nSPS) is 10.8. The number of benzene rings is 1. The van der Waals surface area contributed by atoms with Crippen LogP contribution in [-0.4, -0.2) is 25.8 Å². The molecule has 0 aliphatic carbocycles. The van der Waals surface area contributed by atoms with E-state index in [0.29, 0.717) is 18.7 Å². The number of carbonyl (C=O) groups is 1. The van der Waals surface area contributed by atoms with Gasteiger partial charge in [0.05, 0.1) is 5.69 Å². The van der Waals surface area contributed by atoms with Gasteiger partial charge in [-0.2, -0.15) is 5.10 Å². The first-order valence-corrected chi connectivity index (χ1v) is 6.70. The second kappa shape index (κ2) is 5.86. The molecular formula is C15H19N3O2. The van der Waals surface area contributed by atoms with E-state index in [1.165, 1.54) is 5.56 Å². The number of hydrogen-bond acceptors (Lipinski definition) is 3. The summed E-state index contributed by atoms with van der Waals surface area (Å²) >= 11 is 0. The summed E-state index contributed by atoms with van der Waals surface area (Å²) < 4.78 is 1.83. The molecular weight excluding hydrogens is 254 g/mol. The number of hydrogen-bond donors (Lipinski definition) is 1. The highest BCUT2D eigenvalue weighted by Gasteiger charge is 2.12. The van der Waals surface area contributed by atoms with E-state index in [-0.39, 0.29) is 6.42 Å². The van der Waals surface area contributed by atoms with Crippen molar-refractivity contribution < 1.29 is 9.90 Å². The van der Waals surface area contributed by atoms with Gasteiger partial charge < -0.3 is 5.11 Å². The van der Waals surface area contributed by atoms with Crippen LogP contribution < -0.4 is 0 Å². The van der Waals surface area contributed by atoms with Gasteiger partial charge in [-0.15, -0.1) is 0 Å². The lowest BCUT2D eigenvalue weighted by atomic mass is 10.1. The van der Waals surface area contributed by atoms with E-state index in [1.807, 2.05) is 23.7 Å². The summed E-state index contributed by atoms with van der Waals surface area (Å²) in [6.45, 7) is 5.97. The maximum Gasteiger partial charge on any atom is 0.303 e. The van der Waals surface area contributed by atoms with Crippen LogP contribution in [0.15, 0.2) is 18.2 Å². The zero-order chi connectivity index (χ0) is 14.7. The number of rotatable bonds is 5. The second-order valence-corrected chi connectivity index (χ2v) is 4.95. The first-order chi connectivity index (χ1) is 9.49. The lowest BCUT2D eigenvalue weighted by Gasteiger charge is -2.10. The van der Waals surface area contributed by atoms with E-state index in [4.69, 9.17) is 5.11 Å². The Labute approximate surface area is 118 Å². The summed E-state index contributed by atoms with van der Waals surface area (Å²) in [6.07, 6.45) is 1.33. The zero-order valence-corrected chi connectivity index (χ0v) is 12.1. The SMILES string of the molecule is Cc1nc(CCCC(=O)O)n(-c2cccc(C)c2C)n1. The number of aliphatic carboxylic acids is 1. The van der Waals surface area contributed by atoms with Crippen LogP contribution in [0.4, 0.5) is 0 Å². The van der Waals surface area contributed by atoms with Crippen molar-refractivity contribution in [2.45, 2.75) is 40.0 Å². The lowest BCUT2D eigenvalue weighted by molar-refractivity contribution is -0.137. The molecule has 0 saturated heterocycles. The van der Waals surface area contributed by atoms with Crippen molar-refractivity contribution in [3.8, 4) is 5.69 Å². The van der Waals surface area contributed by atoms with Crippen molar-refractivity contribution in [1.29, 1.82) is 0 Å². The maximum absolute atomic E-state index is 10.6. The van der Waals surface area contributed by atoms with Crippen LogP contribution in [0.5, 0.6) is 0 Å². The molecule has 0 aliphatic heterocycles. The Kier molecular flexibility index (Phi) is 4.17. The highest BCUT2D eigenvalue weighted by molar-refractivity contribution is 5.66. The van der Waals surface area contributed by atoms with Gasteiger partial charge in [-0.25, -0.2) is 9.67 Å². The summed E-state index contributed by atoms with van der Waals surface area (Å²) in [6, 6.07) is 6.07. The molecule has 0 aliphatic rings. The summed E-state index contributed by atoms with van der Waals surface area (Å²) in [5.74, 6) is 0.744. The quantitative estimate of drug-likeness (QED) is 0.909. The molecule has 0 bridgehead atoms. The van der Waals surface area contributed by atoms with Crippen LogP contribution in [0.2, 0.25) is 0 Å². The van der Waals surface area contributed by atoms with E-state index < -0.39 is 5.97 Å². The van der Waals surface area contributed by atoms with E-state index in [1.54, 1.807) is 0 Å². The van der Waals surface area contributed by atoms with Crippen molar-refractivity contribution >= 4 is 5.97 Å². The Morgan fingerprint density at radius 3 is 2.75 bits per heavy atom. The van der Waals surface area contributed by atoms with Crippen molar-refractivity contribution in [3.05, 3.63) is 41.0 Å². The molecule has 1 aromatic carbocycles. The number of carboxylic acids is 1. The minimum absolute atomic E-state index is 0.151. The highest BCUT2D eigenvalue weighted by Crippen LogP contribution is 2.19. The predicted molar refractivity (Wildman–Crippen MR) is 76.1 cm³/mol. The third kappa shape index (κ3) is 3.04. The van der Waals surface area contributed by atoms with Gasteiger partial charge in [0.1, 0.15) is 11.6 Å². The number of carboxylic acid groups (broad SMARTS) is 1. The van der Waals surface area contributed by atoms with Crippen molar-refractivity contribution in [3.63, 3.8) is 0 Å². The van der Waals surface area contributed by atoms with Gasteiger partial charge in [-0.1, -0.05) is 12.1 Å². The van der Waals surface area contributed by atoms with E-state index in [0.717, 1.165) is 17.1 Å². The fraction of sp³-hybridized carbons (Fsp3) is 0.400. The fourth-order valence-corrected chi connectivity index (χ4v) is 2.18. The highest BCUT2D eigenvalue weighted by atomic mass is 16.4. The van der Waals surface area contributed by atoms with E-state index in [2.05, 4.69) is 30.0 Å². The molecule has 0 radical (unpaired) electrons. The van der Waals surface area contributed by atoms with E-state index in [9.17, 15) is 4.79 Å². The monoisotopic (exact) mass is 273 g/mol. The Morgan fingerprint density at radius 2 is 2.05 bits per heavy atom. The van der Waals surface area contributed by atoms with Crippen LogP contribution in [-0.2, 0) is 11.2 Å². The number of nitrogens with zero attached hydrogens (tertiary/aromatic N) is 3. The van der Waals surface area contributed by atoms with Crippen LogP contribution in [0.25, 0.3) is 5.69 Å². The van der Waals surface area contributed by atoms with E-state index >= 15 is 0 Å². The Hall–Kier alpha value is -2.17. The number of aryl methyl sites for hydroxylation is 3. The molecule has 0 amide bonds. The van der Waals surface area contributed by atoms with Crippen LogP contribution in [0, 0.1) is 20.8 Å². The standard InChI is InChI=1S/C15H19N3O2/c1-10-6-4-7-13(11(10)2)18-14(16-12(3)17-18)8-5-9-15(19)20/h4,6-7H,5,8-9H2,1-3H3,(H,19,20). The van der Waals surface area contributed by atoms with Crippen molar-refractivity contribution in [2.75, 3.05) is 0 Å². The molecule has 2 rings (SSSR count). The molecule has 1 aromatic heterocycles. The molecule has 5 nitrogen and oxygen atoms in total. The molecule has 1 N–H and O–H groups in total. The van der Waals surface area contributed by atoms with Crippen LogP contribution >= 0.6 is 0 Å². The minimum atomic E-state index is -0.778. The smallest absolute Gasteiger partial charge is 0.303 e. The first kappa shape index (κ1) is 14.2. The largest absolute Gasteiger partial charge is 0.481 e. The van der Waals surface area contributed by atoms with Gasteiger partial charge in [-0.3, -0.25) is 4.79 Å². The molecule has 1 heterocycles. The van der Waals surface area contributed by atoms with Gasteiger partial charge >= 0.3 is 5.97 Å². The molecule has 0 saturated carbocycles. The van der Waals surface area contributed by atoms with Gasteiger partial charge in [0.25, 0.3) is 0 Å². The first-order valence-electron chi connectivity index (χ1n) is 6.70. The molecule has 0 unspecified atom stereocenters. The lowest BCUT2D eigenvalue weighted by Crippen LogP contribution is -2.07. The minimum Gasteiger partial charge on any atom is -0.481 e. The van der Waals surface area contributed by atoms with Gasteiger partial charge in [0, 0.05) is 12.8 Å². The summed E-state index contributed by atoms with van der Waals surface area (Å²) in [5, 5.41) is 13.2. The fourth-order valence-electron chi connectivity index (χ4n) is 2.18. The topological polar surface area (TPSA) is 68.0 Å². The third-order valence-corrected chi connectivity index (χ3v) is 3.38. The van der Waals surface area contributed by atoms with Crippen molar-refractivity contribution in [2.24, 2.45) is 0 Å². The molecule has 5 heteroatoms. The summed E-state index contributed by atoms with van der Waals surface area (Å²) in [5.41, 5.74) is 3.37. The van der Waals surface area contributed by atoms with Gasteiger partial charge in [-0.05, 0) is 44.4 Å². The Balaban J connectivity index is 2.32. The zero-order valence-electron chi connectivity index (χ0n) is 12.1. The summed E-state index contributed by atoms with van der Waals surface area (Å²) in [4.78, 5) is 15.0. The molecule has 0 atom stereocenters. The molecule has 106 valence electrons. The van der Waals surface area contributed by atoms with Crippen LogP contribution in [0.3, 0.4) is 0 Å². The molecule has 2 aromatic rings. The second-order valence-electron chi connectivity index (χ2n) is 4.95. The summed E-state index contributed by atoms with van der Waals surface area (Å²) in [7, 11) is 0. The molecule has 20 heavy (non-hydrogen) atoms. The average Bonchev–Trinajstić information content (AvgIpc) is 2.73.